The van der Waals surface area contributed by atoms with E-state index in [-0.39, 0.29) is 5.91 Å². The third-order valence-electron chi connectivity index (χ3n) is 4.67. The summed E-state index contributed by atoms with van der Waals surface area (Å²) >= 11 is 0. The van der Waals surface area contributed by atoms with Gasteiger partial charge < -0.3 is 9.88 Å². The van der Waals surface area contributed by atoms with E-state index in [1.807, 2.05) is 66.7 Å². The number of rotatable bonds is 5. The minimum atomic E-state index is -0.300. The minimum absolute atomic E-state index is 0.300. The third-order valence-corrected chi connectivity index (χ3v) is 4.67. The maximum atomic E-state index is 13.0. The van der Waals surface area contributed by atoms with E-state index in [1.165, 1.54) is 0 Å². The Morgan fingerprint density at radius 3 is 2.45 bits per heavy atom. The molecule has 0 fully saturated rings. The van der Waals surface area contributed by atoms with E-state index in [9.17, 15) is 10.1 Å². The fourth-order valence-electron chi connectivity index (χ4n) is 3.27. The minimum Gasteiger partial charge on any atom is -0.347 e. The summed E-state index contributed by atoms with van der Waals surface area (Å²) < 4.78 is 1.78. The Labute approximate surface area is 168 Å². The lowest BCUT2D eigenvalue weighted by Gasteiger charge is -2.15. The Hall–Kier alpha value is -4.17. The van der Waals surface area contributed by atoms with Crippen LogP contribution in [-0.4, -0.2) is 15.5 Å². The van der Waals surface area contributed by atoms with E-state index in [0.29, 0.717) is 17.8 Å². The maximum absolute atomic E-state index is 13.0. The molecule has 0 aliphatic heterocycles. The molecule has 140 valence electrons. The molecule has 4 aromatic rings. The number of pyridine rings is 1. The first-order valence-electron chi connectivity index (χ1n) is 9.21. The van der Waals surface area contributed by atoms with Crippen LogP contribution in [0.1, 0.15) is 21.6 Å². The summed E-state index contributed by atoms with van der Waals surface area (Å²) in [5, 5.41) is 12.5. The molecule has 0 atom stereocenters. The second kappa shape index (κ2) is 8.24. The zero-order valence-corrected chi connectivity index (χ0v) is 15.6. The number of carbonyl (C=O) groups is 1. The number of nitriles is 1. The molecule has 0 spiro atoms. The molecule has 2 aromatic carbocycles. The van der Waals surface area contributed by atoms with E-state index in [4.69, 9.17) is 0 Å². The standard InChI is InChI=1S/C24H18N4O/c25-16-20-12-15-28(23(20)24(29)27-17-18-10-13-26-14-11-18)22-9-5-4-8-21(22)19-6-2-1-3-7-19/h1-15H,17H2,(H,27,29). The number of amides is 1. The van der Waals surface area contributed by atoms with Gasteiger partial charge in [0.1, 0.15) is 11.8 Å². The number of carbonyl (C=O) groups excluding carboxylic acids is 1. The van der Waals surface area contributed by atoms with Gasteiger partial charge in [-0.25, -0.2) is 0 Å². The van der Waals surface area contributed by atoms with Gasteiger partial charge in [-0.05, 0) is 35.4 Å². The van der Waals surface area contributed by atoms with Gasteiger partial charge in [0.05, 0.1) is 11.3 Å². The molecule has 1 amide bonds. The Kier molecular flexibility index (Phi) is 5.17. The van der Waals surface area contributed by atoms with Gasteiger partial charge in [0.15, 0.2) is 0 Å². The van der Waals surface area contributed by atoms with E-state index in [0.717, 1.165) is 22.4 Å². The Morgan fingerprint density at radius 2 is 1.69 bits per heavy atom. The molecule has 4 rings (SSSR count). The molecule has 1 N–H and O–H groups in total. The van der Waals surface area contributed by atoms with Crippen molar-refractivity contribution < 1.29 is 4.79 Å². The summed E-state index contributed by atoms with van der Waals surface area (Å²) in [7, 11) is 0. The van der Waals surface area contributed by atoms with Gasteiger partial charge in [-0.2, -0.15) is 5.26 Å². The van der Waals surface area contributed by atoms with Crippen LogP contribution in [0.5, 0.6) is 0 Å². The van der Waals surface area contributed by atoms with E-state index in [2.05, 4.69) is 16.4 Å². The first-order chi connectivity index (χ1) is 14.3. The molecule has 0 aliphatic rings. The van der Waals surface area contributed by atoms with E-state index < -0.39 is 0 Å². The number of hydrogen-bond acceptors (Lipinski definition) is 3. The molecule has 0 bridgehead atoms. The summed E-state index contributed by atoms with van der Waals surface area (Å²) in [4.78, 5) is 17.0. The summed E-state index contributed by atoms with van der Waals surface area (Å²) in [5.41, 5.74) is 4.46. The average Bonchev–Trinajstić information content (AvgIpc) is 3.23. The van der Waals surface area contributed by atoms with Gasteiger partial charge in [-0.3, -0.25) is 9.78 Å². The van der Waals surface area contributed by atoms with Crippen molar-refractivity contribution in [3.63, 3.8) is 0 Å². The number of nitrogens with zero attached hydrogens (tertiary/aromatic N) is 3. The second-order valence-corrected chi connectivity index (χ2v) is 6.48. The highest BCUT2D eigenvalue weighted by molar-refractivity contribution is 5.96. The molecular weight excluding hydrogens is 360 g/mol. The van der Waals surface area contributed by atoms with Crippen LogP contribution in [0.15, 0.2) is 91.4 Å². The number of nitrogens with one attached hydrogen (secondary N) is 1. The topological polar surface area (TPSA) is 70.7 Å². The van der Waals surface area contributed by atoms with Crippen molar-refractivity contribution in [2.75, 3.05) is 0 Å². The van der Waals surface area contributed by atoms with Crippen LogP contribution in [0.2, 0.25) is 0 Å². The molecule has 5 heteroatoms. The lowest BCUT2D eigenvalue weighted by atomic mass is 10.0. The highest BCUT2D eigenvalue weighted by Gasteiger charge is 2.20. The van der Waals surface area contributed by atoms with Crippen molar-refractivity contribution in [1.29, 1.82) is 5.26 Å². The van der Waals surface area contributed by atoms with Crippen LogP contribution < -0.4 is 5.32 Å². The fraction of sp³-hybridized carbons (Fsp3) is 0.0417. The lowest BCUT2D eigenvalue weighted by Crippen LogP contribution is -2.26. The summed E-state index contributed by atoms with van der Waals surface area (Å²) in [6.45, 7) is 0.359. The second-order valence-electron chi connectivity index (χ2n) is 6.48. The summed E-state index contributed by atoms with van der Waals surface area (Å²) in [6.07, 6.45) is 5.13. The van der Waals surface area contributed by atoms with Crippen molar-refractivity contribution in [1.82, 2.24) is 14.9 Å². The van der Waals surface area contributed by atoms with Crippen LogP contribution in [0, 0.1) is 11.3 Å². The monoisotopic (exact) mass is 378 g/mol. The number of benzene rings is 2. The normalized spacial score (nSPS) is 10.3. The van der Waals surface area contributed by atoms with Crippen molar-refractivity contribution in [2.24, 2.45) is 0 Å². The van der Waals surface area contributed by atoms with Crippen LogP contribution >= 0.6 is 0 Å². The highest BCUT2D eigenvalue weighted by atomic mass is 16.1. The Morgan fingerprint density at radius 1 is 0.966 bits per heavy atom. The van der Waals surface area contributed by atoms with Gasteiger partial charge in [-0.1, -0.05) is 48.5 Å². The molecule has 0 aliphatic carbocycles. The first-order valence-corrected chi connectivity index (χ1v) is 9.21. The van der Waals surface area contributed by atoms with E-state index >= 15 is 0 Å². The van der Waals surface area contributed by atoms with Gasteiger partial charge >= 0.3 is 0 Å². The van der Waals surface area contributed by atoms with Crippen molar-refractivity contribution in [3.05, 3.63) is 108 Å². The zero-order valence-electron chi connectivity index (χ0n) is 15.6. The Bertz CT molecular complexity index is 1170. The van der Waals surface area contributed by atoms with Gasteiger partial charge in [0, 0.05) is 30.7 Å². The molecule has 0 unspecified atom stereocenters. The highest BCUT2D eigenvalue weighted by Crippen LogP contribution is 2.28. The van der Waals surface area contributed by atoms with Crippen molar-refractivity contribution in [2.45, 2.75) is 6.54 Å². The summed E-state index contributed by atoms with van der Waals surface area (Å²) in [6, 6.07) is 25.3. The predicted molar refractivity (Wildman–Crippen MR) is 111 cm³/mol. The number of para-hydroxylation sites is 1. The molecule has 2 heterocycles. The molecule has 2 aromatic heterocycles. The molecule has 0 radical (unpaired) electrons. The average molecular weight is 378 g/mol. The first kappa shape index (κ1) is 18.2. The lowest BCUT2D eigenvalue weighted by molar-refractivity contribution is 0.0944. The van der Waals surface area contributed by atoms with E-state index in [1.54, 1.807) is 29.2 Å². The maximum Gasteiger partial charge on any atom is 0.269 e. The third kappa shape index (κ3) is 3.78. The van der Waals surface area contributed by atoms with Gasteiger partial charge in [0.2, 0.25) is 0 Å². The van der Waals surface area contributed by atoms with Crippen LogP contribution in [0.3, 0.4) is 0 Å². The molecule has 29 heavy (non-hydrogen) atoms. The molecule has 5 nitrogen and oxygen atoms in total. The van der Waals surface area contributed by atoms with Gasteiger partial charge in [0.25, 0.3) is 5.91 Å². The van der Waals surface area contributed by atoms with Crippen molar-refractivity contribution >= 4 is 5.91 Å². The van der Waals surface area contributed by atoms with Crippen LogP contribution in [0.4, 0.5) is 0 Å². The fourth-order valence-corrected chi connectivity index (χ4v) is 3.27. The quantitative estimate of drug-likeness (QED) is 0.561. The number of aromatic nitrogens is 2. The molecular formula is C24H18N4O. The summed E-state index contributed by atoms with van der Waals surface area (Å²) in [5.74, 6) is -0.300. The van der Waals surface area contributed by atoms with Gasteiger partial charge in [-0.15, -0.1) is 0 Å². The largest absolute Gasteiger partial charge is 0.347 e. The molecule has 0 saturated heterocycles. The van der Waals surface area contributed by atoms with Crippen molar-refractivity contribution in [3.8, 4) is 22.9 Å². The van der Waals surface area contributed by atoms with Crippen LogP contribution in [0.25, 0.3) is 16.8 Å². The Balaban J connectivity index is 1.73. The van der Waals surface area contributed by atoms with Crippen LogP contribution in [-0.2, 0) is 6.54 Å². The number of hydrogen-bond donors (Lipinski definition) is 1. The SMILES string of the molecule is N#Cc1ccn(-c2ccccc2-c2ccccc2)c1C(=O)NCc1ccncc1. The predicted octanol–water partition coefficient (Wildman–Crippen LogP) is 4.34. The smallest absolute Gasteiger partial charge is 0.269 e. The molecule has 0 saturated carbocycles. The zero-order chi connectivity index (χ0) is 20.1.